The summed E-state index contributed by atoms with van der Waals surface area (Å²) in [6.07, 6.45) is 1.78. The molecule has 2 heterocycles. The quantitative estimate of drug-likeness (QED) is 0.854. The lowest BCUT2D eigenvalue weighted by molar-refractivity contribution is -0.152. The topological polar surface area (TPSA) is 95.7 Å². The van der Waals surface area contributed by atoms with Gasteiger partial charge in [-0.2, -0.15) is 0 Å². The van der Waals surface area contributed by atoms with Gasteiger partial charge in [-0.15, -0.1) is 0 Å². The number of hydrogen-bond donors (Lipinski definition) is 2. The van der Waals surface area contributed by atoms with Gasteiger partial charge in [0.1, 0.15) is 5.76 Å². The Hall–Kier alpha value is -1.89. The van der Waals surface area contributed by atoms with Crippen LogP contribution >= 0.6 is 0 Å². The van der Waals surface area contributed by atoms with Crippen LogP contribution in [0, 0.1) is 12.3 Å². The lowest BCUT2D eigenvalue weighted by atomic mass is 9.76. The number of piperidine rings is 1. The number of carbonyl (C=O) groups excluding carboxylic acids is 1. The first-order valence-electron chi connectivity index (χ1n) is 7.14. The van der Waals surface area contributed by atoms with Gasteiger partial charge in [-0.1, -0.05) is 12.1 Å². The number of carboxylic acid groups (broad SMARTS) is 1. The van der Waals surface area contributed by atoms with E-state index in [1.165, 1.54) is 0 Å². The van der Waals surface area contributed by atoms with E-state index in [1.54, 1.807) is 13.0 Å². The fourth-order valence-electron chi connectivity index (χ4n) is 2.67. The van der Waals surface area contributed by atoms with Crippen molar-refractivity contribution >= 4 is 17.7 Å². The highest BCUT2D eigenvalue weighted by molar-refractivity contribution is 5.91. The van der Waals surface area contributed by atoms with Crippen LogP contribution in [0.25, 0.3) is 0 Å². The Labute approximate surface area is 123 Å². The van der Waals surface area contributed by atoms with E-state index < -0.39 is 11.4 Å². The van der Waals surface area contributed by atoms with Gasteiger partial charge >= 0.3 is 5.97 Å². The second kappa shape index (κ2) is 6.26. The summed E-state index contributed by atoms with van der Waals surface area (Å²) in [4.78, 5) is 25.2. The zero-order valence-corrected chi connectivity index (χ0v) is 12.4. The number of nitrogens with zero attached hydrogens (tertiary/aromatic N) is 2. The number of hydrogen-bond acceptors (Lipinski definition) is 5. The van der Waals surface area contributed by atoms with E-state index in [9.17, 15) is 14.7 Å². The molecule has 7 heteroatoms. The summed E-state index contributed by atoms with van der Waals surface area (Å²) >= 11 is 0. The molecule has 2 rings (SSSR count). The lowest BCUT2D eigenvalue weighted by Crippen LogP contribution is -2.46. The van der Waals surface area contributed by atoms with Gasteiger partial charge in [0.05, 0.1) is 12.0 Å². The van der Waals surface area contributed by atoms with Crippen LogP contribution in [0.15, 0.2) is 10.6 Å². The number of likely N-dealkylation sites (tertiary alicyclic amines) is 1. The van der Waals surface area contributed by atoms with Gasteiger partial charge in [0, 0.05) is 6.07 Å². The third-order valence-electron chi connectivity index (χ3n) is 4.21. The molecule has 0 atom stereocenters. The van der Waals surface area contributed by atoms with Crippen molar-refractivity contribution in [3.8, 4) is 0 Å². The first-order chi connectivity index (χ1) is 9.95. The number of aryl methyl sites for hydroxylation is 1. The van der Waals surface area contributed by atoms with Crippen LogP contribution in [0.3, 0.4) is 0 Å². The summed E-state index contributed by atoms with van der Waals surface area (Å²) in [5, 5.41) is 15.7. The Morgan fingerprint density at radius 1 is 1.48 bits per heavy atom. The highest BCUT2D eigenvalue weighted by atomic mass is 16.5. The zero-order chi connectivity index (χ0) is 15.5. The Balaban J connectivity index is 1.83. The van der Waals surface area contributed by atoms with Crippen LogP contribution in [0.1, 0.15) is 31.9 Å². The van der Waals surface area contributed by atoms with Gasteiger partial charge in [-0.05, 0) is 39.3 Å². The van der Waals surface area contributed by atoms with Crippen LogP contribution in [-0.4, -0.2) is 46.7 Å². The maximum atomic E-state index is 11.9. The van der Waals surface area contributed by atoms with E-state index in [-0.39, 0.29) is 12.5 Å². The number of aromatic nitrogens is 1. The molecule has 1 aromatic rings. The molecule has 0 unspecified atom stereocenters. The minimum Gasteiger partial charge on any atom is -0.481 e. The third kappa shape index (κ3) is 3.60. The minimum atomic E-state index is -0.729. The van der Waals surface area contributed by atoms with Gasteiger partial charge in [0.25, 0.3) is 0 Å². The van der Waals surface area contributed by atoms with Crippen LogP contribution in [0.5, 0.6) is 0 Å². The molecule has 7 nitrogen and oxygen atoms in total. The van der Waals surface area contributed by atoms with Crippen molar-refractivity contribution in [2.24, 2.45) is 5.41 Å². The van der Waals surface area contributed by atoms with E-state index in [2.05, 4.69) is 10.5 Å². The van der Waals surface area contributed by atoms with E-state index in [0.717, 1.165) is 0 Å². The normalized spacial score (nSPS) is 18.4. The average molecular weight is 295 g/mol. The van der Waals surface area contributed by atoms with Gasteiger partial charge in [0.2, 0.25) is 5.91 Å². The second-order valence-electron chi connectivity index (χ2n) is 5.59. The number of carbonyl (C=O) groups is 2. The highest BCUT2D eigenvalue weighted by Gasteiger charge is 2.39. The molecule has 21 heavy (non-hydrogen) atoms. The molecule has 0 saturated carbocycles. The van der Waals surface area contributed by atoms with E-state index in [4.69, 9.17) is 4.52 Å². The van der Waals surface area contributed by atoms with Crippen LogP contribution < -0.4 is 5.32 Å². The lowest BCUT2D eigenvalue weighted by Gasteiger charge is -2.37. The maximum Gasteiger partial charge on any atom is 0.309 e. The molecule has 1 fully saturated rings. The van der Waals surface area contributed by atoms with Crippen molar-refractivity contribution in [1.82, 2.24) is 10.1 Å². The summed E-state index contributed by atoms with van der Waals surface area (Å²) in [7, 11) is 0. The van der Waals surface area contributed by atoms with Crippen molar-refractivity contribution in [2.45, 2.75) is 33.1 Å². The Morgan fingerprint density at radius 3 is 2.62 bits per heavy atom. The third-order valence-corrected chi connectivity index (χ3v) is 4.21. The molecule has 0 bridgehead atoms. The summed E-state index contributed by atoms with van der Waals surface area (Å²) < 4.78 is 4.88. The van der Waals surface area contributed by atoms with Crippen LogP contribution in [-0.2, 0) is 9.59 Å². The second-order valence-corrected chi connectivity index (χ2v) is 5.59. The van der Waals surface area contributed by atoms with Crippen molar-refractivity contribution < 1.29 is 19.2 Å². The zero-order valence-electron chi connectivity index (χ0n) is 12.4. The molecular formula is C14H21N3O4. The highest BCUT2D eigenvalue weighted by Crippen LogP contribution is 2.34. The summed E-state index contributed by atoms with van der Waals surface area (Å²) in [5.41, 5.74) is -0.629. The fourth-order valence-corrected chi connectivity index (χ4v) is 2.67. The van der Waals surface area contributed by atoms with Gasteiger partial charge in [-0.25, -0.2) is 0 Å². The molecule has 0 aromatic carbocycles. The minimum absolute atomic E-state index is 0.164. The summed E-state index contributed by atoms with van der Waals surface area (Å²) in [6.45, 7) is 5.13. The van der Waals surface area contributed by atoms with Gasteiger partial charge in [0.15, 0.2) is 5.82 Å². The van der Waals surface area contributed by atoms with Crippen molar-refractivity contribution in [3.63, 3.8) is 0 Å². The standard InChI is InChI=1S/C14H21N3O4/c1-3-14(13(19)20)4-6-17(7-5-14)9-12(18)15-11-8-10(2)21-16-11/h8H,3-7,9H2,1-2H3,(H,19,20)(H,15,16,18). The molecule has 0 aliphatic carbocycles. The fraction of sp³-hybridized carbons (Fsp3) is 0.643. The molecule has 1 aliphatic rings. The number of amides is 1. The first-order valence-corrected chi connectivity index (χ1v) is 7.14. The summed E-state index contributed by atoms with van der Waals surface area (Å²) in [5.74, 6) is 0.148. The largest absolute Gasteiger partial charge is 0.481 e. The Kier molecular flexibility index (Phi) is 4.62. The number of aliphatic carboxylic acids is 1. The van der Waals surface area contributed by atoms with E-state index in [0.29, 0.717) is 43.9 Å². The van der Waals surface area contributed by atoms with E-state index in [1.807, 2.05) is 11.8 Å². The molecule has 1 amide bonds. The van der Waals surface area contributed by atoms with Gasteiger partial charge < -0.3 is 14.9 Å². The Morgan fingerprint density at radius 2 is 2.14 bits per heavy atom. The molecule has 1 saturated heterocycles. The molecule has 1 aliphatic heterocycles. The predicted molar refractivity (Wildman–Crippen MR) is 75.9 cm³/mol. The summed E-state index contributed by atoms with van der Waals surface area (Å²) in [6, 6.07) is 1.65. The molecule has 116 valence electrons. The molecular weight excluding hydrogens is 274 g/mol. The molecule has 2 N–H and O–H groups in total. The van der Waals surface area contributed by atoms with Crippen LogP contribution in [0.4, 0.5) is 5.82 Å². The van der Waals surface area contributed by atoms with Gasteiger partial charge in [-0.3, -0.25) is 14.5 Å². The van der Waals surface area contributed by atoms with Crippen molar-refractivity contribution in [2.75, 3.05) is 25.0 Å². The first kappa shape index (κ1) is 15.5. The predicted octanol–water partition coefficient (Wildman–Crippen LogP) is 1.50. The SMILES string of the molecule is CCC1(C(=O)O)CCN(CC(=O)Nc2cc(C)on2)CC1. The molecule has 0 spiro atoms. The van der Waals surface area contributed by atoms with Crippen molar-refractivity contribution in [1.29, 1.82) is 0 Å². The van der Waals surface area contributed by atoms with E-state index >= 15 is 0 Å². The number of carboxylic acids is 1. The Bertz CT molecular complexity index is 518. The monoisotopic (exact) mass is 295 g/mol. The smallest absolute Gasteiger partial charge is 0.309 e. The average Bonchev–Trinajstić information content (AvgIpc) is 2.84. The van der Waals surface area contributed by atoms with Crippen LogP contribution in [0.2, 0.25) is 0 Å². The number of nitrogens with one attached hydrogen (secondary N) is 1. The molecule has 0 radical (unpaired) electrons. The van der Waals surface area contributed by atoms with Crippen molar-refractivity contribution in [3.05, 3.63) is 11.8 Å². The maximum absolute atomic E-state index is 11.9. The number of rotatable bonds is 5. The molecule has 1 aromatic heterocycles. The number of anilines is 1.